The average molecular weight is 239 g/mol. The lowest BCUT2D eigenvalue weighted by Gasteiger charge is -2.15. The maximum atomic E-state index is 6.02. The van der Waals surface area contributed by atoms with Gasteiger partial charge in [0.2, 0.25) is 0 Å². The number of rotatable bonds is 7. The van der Waals surface area contributed by atoms with E-state index in [2.05, 4.69) is 36.2 Å². The number of nitrogen functional groups attached to an aromatic ring is 1. The van der Waals surface area contributed by atoms with Crippen molar-refractivity contribution in [2.24, 2.45) is 0 Å². The molecule has 1 rings (SSSR count). The molecule has 0 bridgehead atoms. The molecule has 0 aromatic carbocycles. The van der Waals surface area contributed by atoms with E-state index in [0.717, 1.165) is 49.8 Å². The fourth-order valence-corrected chi connectivity index (χ4v) is 1.68. The molecule has 0 aliphatic heterocycles. The Labute approximate surface area is 104 Å². The van der Waals surface area contributed by atoms with Gasteiger partial charge in [-0.3, -0.25) is 0 Å². The molecule has 3 N–H and O–H groups in total. The molecule has 17 heavy (non-hydrogen) atoms. The SMILES string of the molecule is CCCn1nc(C)c(N)c1NCCN(C)CC. The Bertz CT molecular complexity index is 345. The maximum absolute atomic E-state index is 6.02. The topological polar surface area (TPSA) is 59.1 Å². The molecule has 5 heteroatoms. The lowest BCUT2D eigenvalue weighted by Crippen LogP contribution is -2.25. The minimum absolute atomic E-state index is 0.776. The Morgan fingerprint density at radius 1 is 1.41 bits per heavy atom. The van der Waals surface area contributed by atoms with Crippen LogP contribution in [0.4, 0.5) is 11.5 Å². The molecule has 0 atom stereocenters. The van der Waals surface area contributed by atoms with Crippen molar-refractivity contribution in [3.8, 4) is 0 Å². The number of aromatic nitrogens is 2. The number of nitrogens with two attached hydrogens (primary N) is 1. The molecular weight excluding hydrogens is 214 g/mol. The fraction of sp³-hybridized carbons (Fsp3) is 0.750. The van der Waals surface area contributed by atoms with E-state index in [0.29, 0.717) is 0 Å². The van der Waals surface area contributed by atoms with Crippen molar-refractivity contribution in [3.63, 3.8) is 0 Å². The van der Waals surface area contributed by atoms with Gasteiger partial charge < -0.3 is 16.0 Å². The highest BCUT2D eigenvalue weighted by molar-refractivity contribution is 5.64. The molecule has 5 nitrogen and oxygen atoms in total. The Morgan fingerprint density at radius 2 is 2.12 bits per heavy atom. The van der Waals surface area contributed by atoms with E-state index in [-0.39, 0.29) is 0 Å². The first-order valence-corrected chi connectivity index (χ1v) is 6.35. The molecule has 0 fully saturated rings. The summed E-state index contributed by atoms with van der Waals surface area (Å²) in [5, 5.41) is 7.82. The first-order valence-electron chi connectivity index (χ1n) is 6.35. The van der Waals surface area contributed by atoms with Gasteiger partial charge in [0.15, 0.2) is 0 Å². The van der Waals surface area contributed by atoms with E-state index in [1.54, 1.807) is 0 Å². The molecule has 1 aromatic rings. The summed E-state index contributed by atoms with van der Waals surface area (Å²) >= 11 is 0. The molecule has 0 aliphatic carbocycles. The first kappa shape index (κ1) is 13.8. The van der Waals surface area contributed by atoms with Crippen LogP contribution in [0.3, 0.4) is 0 Å². The Morgan fingerprint density at radius 3 is 2.71 bits per heavy atom. The summed E-state index contributed by atoms with van der Waals surface area (Å²) in [5.74, 6) is 0.967. The Kier molecular flexibility index (Phi) is 5.28. The zero-order valence-corrected chi connectivity index (χ0v) is 11.5. The quantitative estimate of drug-likeness (QED) is 0.758. The normalized spacial score (nSPS) is 11.1. The number of anilines is 2. The minimum atomic E-state index is 0.776. The van der Waals surface area contributed by atoms with Gasteiger partial charge in [-0.1, -0.05) is 13.8 Å². The van der Waals surface area contributed by atoms with Crippen molar-refractivity contribution in [2.45, 2.75) is 33.7 Å². The van der Waals surface area contributed by atoms with Crippen LogP contribution in [0.1, 0.15) is 26.0 Å². The van der Waals surface area contributed by atoms with Crippen LogP contribution in [-0.4, -0.2) is 41.4 Å². The Balaban J connectivity index is 2.62. The molecule has 98 valence electrons. The van der Waals surface area contributed by atoms with Crippen molar-refractivity contribution < 1.29 is 0 Å². The molecule has 1 aromatic heterocycles. The van der Waals surface area contributed by atoms with Crippen LogP contribution < -0.4 is 11.1 Å². The Hall–Kier alpha value is -1.23. The van der Waals surface area contributed by atoms with Gasteiger partial charge in [-0.25, -0.2) is 4.68 Å². The lowest BCUT2D eigenvalue weighted by atomic mass is 10.4. The summed E-state index contributed by atoms with van der Waals surface area (Å²) in [6, 6.07) is 0. The highest BCUT2D eigenvalue weighted by Crippen LogP contribution is 2.22. The molecular formula is C12H25N5. The summed E-state index contributed by atoms with van der Waals surface area (Å²) in [4.78, 5) is 2.26. The van der Waals surface area contributed by atoms with E-state index in [1.165, 1.54) is 0 Å². The van der Waals surface area contributed by atoms with E-state index < -0.39 is 0 Å². The third-order valence-electron chi connectivity index (χ3n) is 2.93. The van der Waals surface area contributed by atoms with Gasteiger partial charge >= 0.3 is 0 Å². The van der Waals surface area contributed by atoms with Gasteiger partial charge in [-0.05, 0) is 26.9 Å². The summed E-state index contributed by atoms with van der Waals surface area (Å²) in [5.41, 5.74) is 7.71. The average Bonchev–Trinajstić information content (AvgIpc) is 2.57. The van der Waals surface area contributed by atoms with Gasteiger partial charge in [-0.15, -0.1) is 0 Å². The molecule has 1 heterocycles. The number of aryl methyl sites for hydroxylation is 2. The van der Waals surface area contributed by atoms with E-state index in [9.17, 15) is 0 Å². The molecule has 0 saturated carbocycles. The molecule has 0 saturated heterocycles. The monoisotopic (exact) mass is 239 g/mol. The standard InChI is InChI=1S/C12H25N5/c1-5-8-17-12(11(13)10(3)15-17)14-7-9-16(4)6-2/h14H,5-9,13H2,1-4H3. The smallest absolute Gasteiger partial charge is 0.148 e. The number of nitrogens with one attached hydrogen (secondary N) is 1. The highest BCUT2D eigenvalue weighted by Gasteiger charge is 2.11. The largest absolute Gasteiger partial charge is 0.394 e. The van der Waals surface area contributed by atoms with Crippen molar-refractivity contribution in [2.75, 3.05) is 37.7 Å². The van der Waals surface area contributed by atoms with Gasteiger partial charge in [0.25, 0.3) is 0 Å². The number of hydrogen-bond donors (Lipinski definition) is 2. The van der Waals surface area contributed by atoms with Crippen LogP contribution in [0.2, 0.25) is 0 Å². The minimum Gasteiger partial charge on any atom is -0.394 e. The number of nitrogens with zero attached hydrogens (tertiary/aromatic N) is 3. The maximum Gasteiger partial charge on any atom is 0.148 e. The zero-order valence-electron chi connectivity index (χ0n) is 11.5. The predicted octanol–water partition coefficient (Wildman–Crippen LogP) is 1.55. The van der Waals surface area contributed by atoms with Crippen molar-refractivity contribution in [1.82, 2.24) is 14.7 Å². The highest BCUT2D eigenvalue weighted by atomic mass is 15.3. The van der Waals surface area contributed by atoms with Crippen LogP contribution in [0.5, 0.6) is 0 Å². The molecule has 0 radical (unpaired) electrons. The number of hydrogen-bond acceptors (Lipinski definition) is 4. The summed E-state index contributed by atoms with van der Waals surface area (Å²) in [7, 11) is 2.11. The first-order chi connectivity index (χ1) is 8.10. The lowest BCUT2D eigenvalue weighted by molar-refractivity contribution is 0.366. The second-order valence-corrected chi connectivity index (χ2v) is 4.39. The second-order valence-electron chi connectivity index (χ2n) is 4.39. The molecule has 0 aliphatic rings. The molecule has 0 spiro atoms. The predicted molar refractivity (Wildman–Crippen MR) is 73.3 cm³/mol. The van der Waals surface area contributed by atoms with E-state index in [4.69, 9.17) is 5.73 Å². The third-order valence-corrected chi connectivity index (χ3v) is 2.93. The number of likely N-dealkylation sites (N-methyl/N-ethyl adjacent to an activating group) is 1. The third kappa shape index (κ3) is 3.63. The van der Waals surface area contributed by atoms with Crippen LogP contribution in [-0.2, 0) is 6.54 Å². The molecule has 0 unspecified atom stereocenters. The van der Waals surface area contributed by atoms with Crippen LogP contribution in [0, 0.1) is 6.92 Å². The van der Waals surface area contributed by atoms with Gasteiger partial charge in [0.1, 0.15) is 5.82 Å². The van der Waals surface area contributed by atoms with Crippen molar-refractivity contribution in [3.05, 3.63) is 5.69 Å². The molecule has 0 amide bonds. The van der Waals surface area contributed by atoms with Gasteiger partial charge in [0, 0.05) is 19.6 Å². The summed E-state index contributed by atoms with van der Waals surface area (Å²) in [6.07, 6.45) is 1.06. The van der Waals surface area contributed by atoms with E-state index >= 15 is 0 Å². The van der Waals surface area contributed by atoms with Crippen LogP contribution in [0.15, 0.2) is 0 Å². The van der Waals surface area contributed by atoms with E-state index in [1.807, 2.05) is 11.6 Å². The second kappa shape index (κ2) is 6.49. The summed E-state index contributed by atoms with van der Waals surface area (Å²) < 4.78 is 1.97. The van der Waals surface area contributed by atoms with Crippen molar-refractivity contribution in [1.29, 1.82) is 0 Å². The van der Waals surface area contributed by atoms with Gasteiger partial charge in [-0.2, -0.15) is 5.10 Å². The summed E-state index contributed by atoms with van der Waals surface area (Å²) in [6.45, 7) is 10.1. The fourth-order valence-electron chi connectivity index (χ4n) is 1.68. The van der Waals surface area contributed by atoms with Crippen molar-refractivity contribution >= 4 is 11.5 Å². The zero-order chi connectivity index (χ0) is 12.8. The van der Waals surface area contributed by atoms with Gasteiger partial charge in [0.05, 0.1) is 11.4 Å². The van der Waals surface area contributed by atoms with Crippen LogP contribution >= 0.6 is 0 Å². The van der Waals surface area contributed by atoms with Crippen LogP contribution in [0.25, 0.3) is 0 Å².